The number of carbonyl (C=O) groups is 3. The average molecular weight is 1020 g/mol. The molecule has 4 fully saturated rings. The van der Waals surface area contributed by atoms with E-state index in [1.54, 1.807) is 0 Å². The van der Waals surface area contributed by atoms with Crippen molar-refractivity contribution in [2.24, 2.45) is 22.2 Å². The molecule has 0 spiro atoms. The highest BCUT2D eigenvalue weighted by Crippen LogP contribution is 2.70. The van der Waals surface area contributed by atoms with Gasteiger partial charge in [0.15, 0.2) is 0 Å². The first kappa shape index (κ1) is 64.5. The highest BCUT2D eigenvalue weighted by Gasteiger charge is 2.64. The minimum Gasteiger partial charge on any atom is -0.465 e. The van der Waals surface area contributed by atoms with Gasteiger partial charge >= 0.3 is 17.9 Å². The van der Waals surface area contributed by atoms with Crippen molar-refractivity contribution in [2.75, 3.05) is 39.5 Å². The standard InChI is InChI=1S/C63H115F2NO6/c1-7-13-17-21-25-29-33-39-62(64,40-34-30-26-22-18-14-8-2)47-57(68)71-53-60-45-55-44-59(49-60,52-70-56(67)38-37-43-66(11-5)12-6)50-61(46-55,51-60)54-72-58(69)48-63(65,41-35-31-27-23-19-15-9-3)42-36-32-28-24-20-16-10-4/h55H,7-54H2,1-6H3. The van der Waals surface area contributed by atoms with E-state index in [0.29, 0.717) is 44.6 Å². The molecule has 2 atom stereocenters. The van der Waals surface area contributed by atoms with Gasteiger partial charge in [0.25, 0.3) is 0 Å². The Morgan fingerprint density at radius 3 is 0.986 bits per heavy atom. The lowest BCUT2D eigenvalue weighted by molar-refractivity contribution is -0.213. The van der Waals surface area contributed by atoms with Crippen LogP contribution in [0.2, 0.25) is 0 Å². The Morgan fingerprint density at radius 1 is 0.417 bits per heavy atom. The molecule has 0 radical (unpaired) electrons. The first-order valence-electron chi connectivity index (χ1n) is 31.3. The maximum atomic E-state index is 17.0. The summed E-state index contributed by atoms with van der Waals surface area (Å²) >= 11 is 0. The van der Waals surface area contributed by atoms with Gasteiger partial charge in [0.05, 0.1) is 32.7 Å². The van der Waals surface area contributed by atoms with E-state index >= 15 is 8.78 Å². The summed E-state index contributed by atoms with van der Waals surface area (Å²) in [4.78, 5) is 43.5. The molecule has 2 unspecified atom stereocenters. The first-order valence-corrected chi connectivity index (χ1v) is 31.3. The predicted molar refractivity (Wildman–Crippen MR) is 296 cm³/mol. The molecule has 4 aliphatic carbocycles. The number of hydrogen-bond acceptors (Lipinski definition) is 7. The van der Waals surface area contributed by atoms with Gasteiger partial charge in [0.2, 0.25) is 0 Å². The topological polar surface area (TPSA) is 82.1 Å². The Hall–Kier alpha value is -1.77. The fourth-order valence-electron chi connectivity index (χ4n) is 14.1. The van der Waals surface area contributed by atoms with Crippen LogP contribution in [0.4, 0.5) is 8.78 Å². The van der Waals surface area contributed by atoms with Gasteiger partial charge in [-0.15, -0.1) is 0 Å². The van der Waals surface area contributed by atoms with Crippen LogP contribution in [-0.4, -0.2) is 73.6 Å². The summed E-state index contributed by atoms with van der Waals surface area (Å²) in [6.07, 6.45) is 38.2. The summed E-state index contributed by atoms with van der Waals surface area (Å²) in [6.45, 7) is 16.6. The van der Waals surface area contributed by atoms with Crippen molar-refractivity contribution in [3.05, 3.63) is 0 Å². The monoisotopic (exact) mass is 1020 g/mol. The number of esters is 3. The van der Waals surface area contributed by atoms with E-state index in [2.05, 4.69) is 46.4 Å². The third kappa shape index (κ3) is 25.8. The Balaban J connectivity index is 1.75. The van der Waals surface area contributed by atoms with E-state index in [1.165, 1.54) is 103 Å². The molecule has 72 heavy (non-hydrogen) atoms. The van der Waals surface area contributed by atoms with Gasteiger partial charge in [-0.1, -0.05) is 221 Å². The average Bonchev–Trinajstić information content (AvgIpc) is 3.34. The highest BCUT2D eigenvalue weighted by molar-refractivity contribution is 5.71. The summed E-state index contributed by atoms with van der Waals surface area (Å²) in [5.41, 5.74) is -4.24. The van der Waals surface area contributed by atoms with Gasteiger partial charge in [-0.25, -0.2) is 8.78 Å². The van der Waals surface area contributed by atoms with Crippen LogP contribution in [0.25, 0.3) is 0 Å². The zero-order valence-electron chi connectivity index (χ0n) is 48.2. The van der Waals surface area contributed by atoms with Crippen LogP contribution in [0, 0.1) is 22.2 Å². The number of ether oxygens (including phenoxy) is 3. The van der Waals surface area contributed by atoms with Crippen molar-refractivity contribution in [3.8, 4) is 0 Å². The maximum Gasteiger partial charge on any atom is 0.309 e. The number of hydrogen-bond donors (Lipinski definition) is 0. The Kier molecular flexibility index (Phi) is 32.5. The van der Waals surface area contributed by atoms with E-state index < -0.39 is 23.3 Å². The minimum absolute atomic E-state index is 0.179. The van der Waals surface area contributed by atoms with E-state index in [4.69, 9.17) is 14.2 Å². The molecule has 0 aromatic rings. The maximum absolute atomic E-state index is 17.0. The van der Waals surface area contributed by atoms with Gasteiger partial charge in [-0.2, -0.15) is 0 Å². The third-order valence-corrected chi connectivity index (χ3v) is 17.6. The fraction of sp³-hybridized carbons (Fsp3) is 0.952. The Labute approximate surface area is 442 Å². The van der Waals surface area contributed by atoms with Crippen molar-refractivity contribution in [1.29, 1.82) is 0 Å². The summed E-state index contributed by atoms with van der Waals surface area (Å²) in [5, 5.41) is 0. The van der Waals surface area contributed by atoms with Crippen LogP contribution in [0.1, 0.15) is 311 Å². The number of rotatable bonds is 48. The van der Waals surface area contributed by atoms with Crippen molar-refractivity contribution in [1.82, 2.24) is 4.90 Å². The van der Waals surface area contributed by atoms with E-state index in [-0.39, 0.29) is 48.3 Å². The molecule has 0 heterocycles. The van der Waals surface area contributed by atoms with Crippen LogP contribution >= 0.6 is 0 Å². The lowest BCUT2D eigenvalue weighted by Crippen LogP contribution is -2.61. The number of carbonyl (C=O) groups excluding carboxylic acids is 3. The molecule has 0 aromatic carbocycles. The summed E-state index contributed by atoms with van der Waals surface area (Å²) in [6, 6.07) is 0. The van der Waals surface area contributed by atoms with Crippen molar-refractivity contribution in [3.63, 3.8) is 0 Å². The van der Waals surface area contributed by atoms with Gasteiger partial charge in [0, 0.05) is 22.7 Å². The summed E-state index contributed by atoms with van der Waals surface area (Å²) in [5.74, 6) is -0.782. The molecular weight excluding hydrogens is 905 g/mol. The molecular formula is C63H115F2NO6. The van der Waals surface area contributed by atoms with Gasteiger partial charge in [-0.05, 0) is 96.2 Å². The fourth-order valence-corrected chi connectivity index (χ4v) is 14.1. The second kappa shape index (κ2) is 36.3. The van der Waals surface area contributed by atoms with E-state index in [0.717, 1.165) is 142 Å². The van der Waals surface area contributed by atoms with Crippen LogP contribution in [-0.2, 0) is 28.6 Å². The van der Waals surface area contributed by atoms with Crippen LogP contribution < -0.4 is 0 Å². The molecule has 0 amide bonds. The Morgan fingerprint density at radius 2 is 0.694 bits per heavy atom. The summed E-state index contributed by atoms with van der Waals surface area (Å²) in [7, 11) is 0. The van der Waals surface area contributed by atoms with Gasteiger partial charge in [0.1, 0.15) is 11.3 Å². The molecule has 4 bridgehead atoms. The van der Waals surface area contributed by atoms with Crippen LogP contribution in [0.5, 0.6) is 0 Å². The van der Waals surface area contributed by atoms with Crippen molar-refractivity contribution >= 4 is 17.9 Å². The second-order valence-electron chi connectivity index (χ2n) is 24.8. The predicted octanol–water partition coefficient (Wildman–Crippen LogP) is 18.5. The zero-order chi connectivity index (χ0) is 52.4. The Bertz CT molecular complexity index is 1320. The SMILES string of the molecule is CCCCCCCCCC(F)(CCCCCCCCC)CC(=O)OCC12CC3CC(COC(=O)CCCN(CC)CC)(C1)CC(COC(=O)CC(F)(CCCCCCCCC)CCCCCCCCC)(C3)C2. The molecule has 9 heteroatoms. The van der Waals surface area contributed by atoms with E-state index in [9.17, 15) is 14.4 Å². The van der Waals surface area contributed by atoms with Crippen LogP contribution in [0.15, 0.2) is 0 Å². The molecule has 0 N–H and O–H groups in total. The van der Waals surface area contributed by atoms with Gasteiger partial charge in [-0.3, -0.25) is 14.4 Å². The molecule has 422 valence electrons. The lowest BCUT2D eigenvalue weighted by atomic mass is 9.40. The quantitative estimate of drug-likeness (QED) is 0.0341. The van der Waals surface area contributed by atoms with Crippen molar-refractivity contribution < 1.29 is 37.4 Å². The number of nitrogens with zero attached hydrogens (tertiary/aromatic N) is 1. The molecule has 0 aliphatic heterocycles. The largest absolute Gasteiger partial charge is 0.465 e. The molecule has 0 saturated heterocycles. The van der Waals surface area contributed by atoms with E-state index in [1.807, 2.05) is 0 Å². The van der Waals surface area contributed by atoms with Gasteiger partial charge < -0.3 is 19.1 Å². The summed E-state index contributed by atoms with van der Waals surface area (Å²) < 4.78 is 52.7. The number of alkyl halides is 2. The zero-order valence-corrected chi connectivity index (χ0v) is 48.2. The highest BCUT2D eigenvalue weighted by atomic mass is 19.1. The lowest BCUT2D eigenvalue weighted by Gasteiger charge is -2.66. The second-order valence-corrected chi connectivity index (χ2v) is 24.8. The van der Waals surface area contributed by atoms with Crippen molar-refractivity contribution in [2.45, 2.75) is 323 Å². The minimum atomic E-state index is -1.57. The number of unbranched alkanes of at least 4 members (excludes halogenated alkanes) is 24. The molecule has 4 aliphatic rings. The number of halogens is 2. The first-order chi connectivity index (χ1) is 34.7. The van der Waals surface area contributed by atoms with Crippen LogP contribution in [0.3, 0.4) is 0 Å². The third-order valence-electron chi connectivity index (χ3n) is 17.6. The molecule has 4 saturated carbocycles. The molecule has 0 aromatic heterocycles. The smallest absolute Gasteiger partial charge is 0.309 e. The molecule has 7 nitrogen and oxygen atoms in total. The molecule has 4 rings (SSSR count). The normalized spacial score (nSPS) is 21.7.